The molecule has 2 aromatic carbocycles. The Balaban J connectivity index is 1.60. The molecule has 0 atom stereocenters. The zero-order valence-corrected chi connectivity index (χ0v) is 17.5. The number of aryl methyl sites for hydroxylation is 1. The fourth-order valence-electron chi connectivity index (χ4n) is 3.30. The lowest BCUT2D eigenvalue weighted by Crippen LogP contribution is -2.30. The number of nitrogens with zero attached hydrogens (tertiary/aromatic N) is 1. The number of methoxy groups -OCH3 is 1. The summed E-state index contributed by atoms with van der Waals surface area (Å²) in [5, 5.41) is 3.01. The van der Waals surface area contributed by atoms with Crippen LogP contribution < -0.4 is 5.32 Å². The Hall–Kier alpha value is -3.38. The number of furan rings is 1. The number of benzene rings is 2. The van der Waals surface area contributed by atoms with Crippen molar-refractivity contribution >= 4 is 17.6 Å². The molecule has 0 bridgehead atoms. The summed E-state index contributed by atoms with van der Waals surface area (Å²) in [7, 11) is 3.16. The van der Waals surface area contributed by atoms with E-state index >= 15 is 0 Å². The molecule has 6 heteroatoms. The van der Waals surface area contributed by atoms with Crippen molar-refractivity contribution in [3.63, 3.8) is 0 Å². The molecule has 0 aliphatic heterocycles. The van der Waals surface area contributed by atoms with Gasteiger partial charge in [0, 0.05) is 5.69 Å². The zero-order chi connectivity index (χ0) is 21.5. The van der Waals surface area contributed by atoms with E-state index in [1.54, 1.807) is 13.0 Å². The monoisotopic (exact) mass is 406 g/mol. The highest BCUT2D eigenvalue weighted by Gasteiger charge is 2.17. The van der Waals surface area contributed by atoms with Gasteiger partial charge in [-0.25, -0.2) is 4.79 Å². The fraction of sp³-hybridized carbons (Fsp3) is 0.250. The Morgan fingerprint density at radius 2 is 1.77 bits per heavy atom. The van der Waals surface area contributed by atoms with Crippen molar-refractivity contribution in [1.82, 2.24) is 4.90 Å². The van der Waals surface area contributed by atoms with E-state index in [1.807, 2.05) is 54.4 Å². The van der Waals surface area contributed by atoms with Gasteiger partial charge in [-0.1, -0.05) is 48.5 Å². The average Bonchev–Trinajstić information content (AvgIpc) is 3.09. The Bertz CT molecular complexity index is 1010. The number of hydrogen-bond acceptors (Lipinski definition) is 5. The molecule has 0 saturated heterocycles. The number of carbonyl (C=O) groups excluding carboxylic acids is 2. The van der Waals surface area contributed by atoms with Crippen LogP contribution in [0.4, 0.5) is 5.69 Å². The van der Waals surface area contributed by atoms with Crippen molar-refractivity contribution in [3.8, 4) is 0 Å². The maximum absolute atomic E-state index is 12.6. The summed E-state index contributed by atoms with van der Waals surface area (Å²) in [6.45, 7) is 2.30. The molecule has 3 rings (SSSR count). The molecule has 1 aromatic heterocycles. The Morgan fingerprint density at radius 1 is 1.07 bits per heavy atom. The van der Waals surface area contributed by atoms with Crippen molar-refractivity contribution in [1.29, 1.82) is 0 Å². The quantitative estimate of drug-likeness (QED) is 0.572. The topological polar surface area (TPSA) is 71.8 Å². The van der Waals surface area contributed by atoms with E-state index < -0.39 is 5.97 Å². The van der Waals surface area contributed by atoms with Gasteiger partial charge in [0.05, 0.1) is 20.2 Å². The molecule has 0 fully saturated rings. The minimum absolute atomic E-state index is 0.116. The summed E-state index contributed by atoms with van der Waals surface area (Å²) in [5.41, 5.74) is 3.46. The second-order valence-electron chi connectivity index (χ2n) is 7.21. The van der Waals surface area contributed by atoms with Gasteiger partial charge in [-0.2, -0.15) is 0 Å². The minimum Gasteiger partial charge on any atom is -0.465 e. The van der Waals surface area contributed by atoms with Gasteiger partial charge >= 0.3 is 5.97 Å². The summed E-state index contributed by atoms with van der Waals surface area (Å²) in [5.74, 6) is 0.560. The number of nitrogens with one attached hydrogen (secondary N) is 1. The largest absolute Gasteiger partial charge is 0.465 e. The van der Waals surface area contributed by atoms with Crippen molar-refractivity contribution in [2.24, 2.45) is 0 Å². The maximum Gasteiger partial charge on any atom is 0.341 e. The van der Waals surface area contributed by atoms with Gasteiger partial charge in [0.15, 0.2) is 0 Å². The molecule has 156 valence electrons. The number of ether oxygens (including phenoxy) is 1. The first-order valence-electron chi connectivity index (χ1n) is 9.74. The van der Waals surface area contributed by atoms with Crippen LogP contribution in [0.2, 0.25) is 0 Å². The van der Waals surface area contributed by atoms with Crippen LogP contribution in [0.5, 0.6) is 0 Å². The second kappa shape index (κ2) is 9.89. The highest BCUT2D eigenvalue weighted by atomic mass is 16.5. The van der Waals surface area contributed by atoms with Crippen LogP contribution in [-0.2, 0) is 22.5 Å². The van der Waals surface area contributed by atoms with Crippen molar-refractivity contribution in [2.45, 2.75) is 19.9 Å². The smallest absolute Gasteiger partial charge is 0.341 e. The van der Waals surface area contributed by atoms with Crippen LogP contribution in [0.15, 0.2) is 65.1 Å². The van der Waals surface area contributed by atoms with Gasteiger partial charge in [0.2, 0.25) is 5.91 Å². The molecule has 3 aromatic rings. The Kier molecular flexibility index (Phi) is 7.03. The SMILES string of the molecule is COC(=O)c1cc(CN(C)CC(=O)Nc2ccccc2Cc2ccccc2)oc1C. The summed E-state index contributed by atoms with van der Waals surface area (Å²) in [6, 6.07) is 19.6. The molecule has 1 heterocycles. The third-order valence-electron chi connectivity index (χ3n) is 4.74. The van der Waals surface area contributed by atoms with Crippen LogP contribution in [0.1, 0.15) is 33.0 Å². The average molecular weight is 406 g/mol. The molecule has 0 aliphatic rings. The first-order chi connectivity index (χ1) is 14.5. The molecular formula is C24H26N2O4. The van der Waals surface area contributed by atoms with E-state index in [1.165, 1.54) is 12.7 Å². The van der Waals surface area contributed by atoms with E-state index in [-0.39, 0.29) is 12.5 Å². The van der Waals surface area contributed by atoms with E-state index in [0.29, 0.717) is 23.6 Å². The van der Waals surface area contributed by atoms with Crippen LogP contribution in [0, 0.1) is 6.92 Å². The van der Waals surface area contributed by atoms with E-state index in [0.717, 1.165) is 17.7 Å². The first kappa shape index (κ1) is 21.3. The van der Waals surface area contributed by atoms with Crippen LogP contribution >= 0.6 is 0 Å². The van der Waals surface area contributed by atoms with Crippen LogP contribution in [0.3, 0.4) is 0 Å². The van der Waals surface area contributed by atoms with Gasteiger partial charge in [-0.3, -0.25) is 9.69 Å². The first-order valence-corrected chi connectivity index (χ1v) is 9.74. The highest BCUT2D eigenvalue weighted by molar-refractivity contribution is 5.93. The van der Waals surface area contributed by atoms with Crippen molar-refractivity contribution < 1.29 is 18.7 Å². The molecule has 0 unspecified atom stereocenters. The Labute approximate surface area is 176 Å². The molecule has 1 amide bonds. The molecule has 0 saturated carbocycles. The van der Waals surface area contributed by atoms with E-state index in [9.17, 15) is 9.59 Å². The Morgan fingerprint density at radius 3 is 2.50 bits per heavy atom. The number of anilines is 1. The number of esters is 1. The molecule has 0 aliphatic carbocycles. The molecule has 30 heavy (non-hydrogen) atoms. The number of amides is 1. The fourth-order valence-corrected chi connectivity index (χ4v) is 3.30. The third-order valence-corrected chi connectivity index (χ3v) is 4.74. The zero-order valence-electron chi connectivity index (χ0n) is 17.5. The predicted octanol–water partition coefficient (Wildman–Crippen LogP) is 4.04. The third kappa shape index (κ3) is 5.58. The van der Waals surface area contributed by atoms with Crippen LogP contribution in [-0.4, -0.2) is 37.5 Å². The lowest BCUT2D eigenvalue weighted by molar-refractivity contribution is -0.117. The summed E-state index contributed by atoms with van der Waals surface area (Å²) < 4.78 is 10.4. The molecule has 6 nitrogen and oxygen atoms in total. The number of hydrogen-bond donors (Lipinski definition) is 1. The van der Waals surface area contributed by atoms with Gasteiger partial charge in [-0.15, -0.1) is 0 Å². The standard InChI is InChI=1S/C24H26N2O4/c1-17-21(24(28)29-3)14-20(30-17)15-26(2)16-23(27)25-22-12-8-7-11-19(22)13-18-9-5-4-6-10-18/h4-12,14H,13,15-16H2,1-3H3,(H,25,27). The van der Waals surface area contributed by atoms with Gasteiger partial charge in [-0.05, 0) is 43.7 Å². The van der Waals surface area contributed by atoms with E-state index in [4.69, 9.17) is 9.15 Å². The second-order valence-corrected chi connectivity index (χ2v) is 7.21. The maximum atomic E-state index is 12.6. The van der Waals surface area contributed by atoms with Gasteiger partial charge in [0.25, 0.3) is 0 Å². The number of para-hydroxylation sites is 1. The summed E-state index contributed by atoms with van der Waals surface area (Å²) >= 11 is 0. The van der Waals surface area contributed by atoms with Crippen molar-refractivity contribution in [3.05, 3.63) is 88.9 Å². The molecule has 0 radical (unpaired) electrons. The van der Waals surface area contributed by atoms with Gasteiger partial charge in [0.1, 0.15) is 17.1 Å². The molecule has 1 N–H and O–H groups in total. The molecule has 0 spiro atoms. The summed E-state index contributed by atoms with van der Waals surface area (Å²) in [4.78, 5) is 26.1. The minimum atomic E-state index is -0.432. The highest BCUT2D eigenvalue weighted by Crippen LogP contribution is 2.20. The normalized spacial score (nSPS) is 10.8. The predicted molar refractivity (Wildman–Crippen MR) is 115 cm³/mol. The van der Waals surface area contributed by atoms with E-state index in [2.05, 4.69) is 17.4 Å². The summed E-state index contributed by atoms with van der Waals surface area (Å²) in [6.07, 6.45) is 0.745. The lowest BCUT2D eigenvalue weighted by Gasteiger charge is -2.16. The van der Waals surface area contributed by atoms with Crippen LogP contribution in [0.25, 0.3) is 0 Å². The molecular weight excluding hydrogens is 380 g/mol. The number of carbonyl (C=O) groups is 2. The number of likely N-dealkylation sites (N-methyl/N-ethyl adjacent to an activating group) is 1. The lowest BCUT2D eigenvalue weighted by atomic mass is 10.0. The van der Waals surface area contributed by atoms with Gasteiger partial charge < -0.3 is 14.5 Å². The van der Waals surface area contributed by atoms with Crippen molar-refractivity contribution in [2.75, 3.05) is 26.0 Å². The number of rotatable bonds is 8.